The number of hydrogen-bond donors (Lipinski definition) is 1. The summed E-state index contributed by atoms with van der Waals surface area (Å²) in [6, 6.07) is 0. The zero-order valence-corrected chi connectivity index (χ0v) is 8.90. The lowest BCUT2D eigenvalue weighted by atomic mass is 10.3. The zero-order chi connectivity index (χ0) is 10.1. The third-order valence-corrected chi connectivity index (χ3v) is 2.28. The molecule has 0 aliphatic rings. The SMILES string of the molecule is Clc1ncc(Cl)c(-c2n[nH]cc2Cl)n1. The Morgan fingerprint density at radius 1 is 1.07 bits per heavy atom. The number of rotatable bonds is 1. The number of hydrogen-bond acceptors (Lipinski definition) is 3. The van der Waals surface area contributed by atoms with E-state index in [1.165, 1.54) is 12.4 Å². The van der Waals surface area contributed by atoms with Crippen LogP contribution in [0.4, 0.5) is 0 Å². The Kier molecular flexibility index (Phi) is 2.58. The van der Waals surface area contributed by atoms with Gasteiger partial charge in [-0.25, -0.2) is 9.97 Å². The lowest BCUT2D eigenvalue weighted by Crippen LogP contribution is -1.89. The topological polar surface area (TPSA) is 54.5 Å². The first-order valence-corrected chi connectivity index (χ1v) is 4.69. The summed E-state index contributed by atoms with van der Waals surface area (Å²) in [5.41, 5.74) is 0.874. The predicted octanol–water partition coefficient (Wildman–Crippen LogP) is 2.83. The van der Waals surface area contributed by atoms with E-state index in [-0.39, 0.29) is 5.28 Å². The van der Waals surface area contributed by atoms with E-state index in [1.807, 2.05) is 0 Å². The minimum Gasteiger partial charge on any atom is -0.284 e. The molecular weight excluding hydrogens is 246 g/mol. The molecule has 0 unspecified atom stereocenters. The van der Waals surface area contributed by atoms with Gasteiger partial charge in [-0.1, -0.05) is 23.2 Å². The lowest BCUT2D eigenvalue weighted by Gasteiger charge is -1.99. The highest BCUT2D eigenvalue weighted by Gasteiger charge is 2.12. The summed E-state index contributed by atoms with van der Waals surface area (Å²) in [4.78, 5) is 7.65. The second kappa shape index (κ2) is 3.73. The van der Waals surface area contributed by atoms with Gasteiger partial charge in [0.2, 0.25) is 5.28 Å². The van der Waals surface area contributed by atoms with E-state index >= 15 is 0 Å². The van der Waals surface area contributed by atoms with Crippen LogP contribution in [0.15, 0.2) is 12.4 Å². The second-order valence-electron chi connectivity index (χ2n) is 2.42. The van der Waals surface area contributed by atoms with Crippen LogP contribution in [0.3, 0.4) is 0 Å². The van der Waals surface area contributed by atoms with Crippen LogP contribution in [0, 0.1) is 0 Å². The number of nitrogens with zero attached hydrogens (tertiary/aromatic N) is 3. The molecule has 0 bridgehead atoms. The molecule has 0 fully saturated rings. The maximum atomic E-state index is 5.86. The largest absolute Gasteiger partial charge is 0.284 e. The number of H-pyrrole nitrogens is 1. The molecule has 0 amide bonds. The van der Waals surface area contributed by atoms with Crippen molar-refractivity contribution < 1.29 is 0 Å². The standard InChI is InChI=1S/C7H3Cl3N4/c8-3-1-11-7(10)13-5(3)6-4(9)2-12-14-6/h1-2H,(H,12,14). The van der Waals surface area contributed by atoms with E-state index in [1.54, 1.807) is 0 Å². The summed E-state index contributed by atoms with van der Waals surface area (Å²) in [6.07, 6.45) is 2.93. The van der Waals surface area contributed by atoms with Crippen molar-refractivity contribution in [3.63, 3.8) is 0 Å². The molecule has 2 rings (SSSR count). The lowest BCUT2D eigenvalue weighted by molar-refractivity contribution is 1.08. The van der Waals surface area contributed by atoms with E-state index in [4.69, 9.17) is 34.8 Å². The fourth-order valence-corrected chi connectivity index (χ4v) is 1.45. The fourth-order valence-electron chi connectivity index (χ4n) is 0.953. The van der Waals surface area contributed by atoms with Crippen LogP contribution in [0.25, 0.3) is 11.4 Å². The first-order valence-electron chi connectivity index (χ1n) is 3.56. The number of nitrogens with one attached hydrogen (secondary N) is 1. The van der Waals surface area contributed by atoms with Gasteiger partial charge in [0, 0.05) is 6.20 Å². The molecule has 14 heavy (non-hydrogen) atoms. The van der Waals surface area contributed by atoms with E-state index in [9.17, 15) is 0 Å². The minimum atomic E-state index is 0.100. The molecule has 0 saturated carbocycles. The summed E-state index contributed by atoms with van der Waals surface area (Å²) in [5.74, 6) is 0. The Bertz CT molecular complexity index is 468. The Labute approximate surface area is 94.2 Å². The van der Waals surface area contributed by atoms with Crippen molar-refractivity contribution in [1.82, 2.24) is 20.2 Å². The predicted molar refractivity (Wildman–Crippen MR) is 54.6 cm³/mol. The van der Waals surface area contributed by atoms with E-state index in [2.05, 4.69) is 20.2 Å². The average Bonchev–Trinajstić information content (AvgIpc) is 2.56. The van der Waals surface area contributed by atoms with Gasteiger partial charge in [-0.3, -0.25) is 5.10 Å². The highest BCUT2D eigenvalue weighted by molar-refractivity contribution is 6.36. The van der Waals surface area contributed by atoms with Crippen molar-refractivity contribution in [1.29, 1.82) is 0 Å². The number of halogens is 3. The normalized spacial score (nSPS) is 10.5. The summed E-state index contributed by atoms with van der Waals surface area (Å²) >= 11 is 17.3. The van der Waals surface area contributed by atoms with Gasteiger partial charge in [-0.2, -0.15) is 5.10 Å². The molecule has 0 spiro atoms. The van der Waals surface area contributed by atoms with Crippen LogP contribution in [-0.4, -0.2) is 20.2 Å². The molecule has 4 nitrogen and oxygen atoms in total. The summed E-state index contributed by atoms with van der Waals surface area (Å²) in [7, 11) is 0. The highest BCUT2D eigenvalue weighted by atomic mass is 35.5. The summed E-state index contributed by atoms with van der Waals surface area (Å²) in [5, 5.41) is 7.38. The van der Waals surface area contributed by atoms with Crippen molar-refractivity contribution in [2.45, 2.75) is 0 Å². The van der Waals surface area contributed by atoms with Gasteiger partial charge in [-0.15, -0.1) is 0 Å². The minimum absolute atomic E-state index is 0.100. The molecule has 0 atom stereocenters. The fraction of sp³-hybridized carbons (Fsp3) is 0. The second-order valence-corrected chi connectivity index (χ2v) is 3.57. The van der Waals surface area contributed by atoms with Crippen LogP contribution in [0.2, 0.25) is 15.3 Å². The first-order chi connectivity index (χ1) is 6.68. The summed E-state index contributed by atoms with van der Waals surface area (Å²) in [6.45, 7) is 0. The van der Waals surface area contributed by atoms with Gasteiger partial charge in [0.1, 0.15) is 11.4 Å². The van der Waals surface area contributed by atoms with Gasteiger partial charge in [0.25, 0.3) is 0 Å². The molecule has 0 aliphatic carbocycles. The monoisotopic (exact) mass is 248 g/mol. The maximum absolute atomic E-state index is 5.86. The molecule has 7 heteroatoms. The van der Waals surface area contributed by atoms with E-state index in [0.29, 0.717) is 21.4 Å². The van der Waals surface area contributed by atoms with Crippen molar-refractivity contribution in [3.05, 3.63) is 27.7 Å². The number of aromatic amines is 1. The van der Waals surface area contributed by atoms with Gasteiger partial charge in [0.15, 0.2) is 0 Å². The highest BCUT2D eigenvalue weighted by Crippen LogP contribution is 2.29. The van der Waals surface area contributed by atoms with Crippen molar-refractivity contribution >= 4 is 34.8 Å². The summed E-state index contributed by atoms with van der Waals surface area (Å²) < 4.78 is 0. The molecule has 0 aliphatic heterocycles. The van der Waals surface area contributed by atoms with Crippen LogP contribution < -0.4 is 0 Å². The van der Waals surface area contributed by atoms with Gasteiger partial charge in [0.05, 0.1) is 16.2 Å². The van der Waals surface area contributed by atoms with Crippen LogP contribution in [0.5, 0.6) is 0 Å². The molecule has 2 aromatic heterocycles. The molecule has 0 aromatic carbocycles. The average molecular weight is 249 g/mol. The van der Waals surface area contributed by atoms with Crippen LogP contribution >= 0.6 is 34.8 Å². The smallest absolute Gasteiger partial charge is 0.223 e. The third-order valence-electron chi connectivity index (χ3n) is 1.53. The first kappa shape index (κ1) is 9.71. The van der Waals surface area contributed by atoms with Crippen LogP contribution in [-0.2, 0) is 0 Å². The van der Waals surface area contributed by atoms with E-state index in [0.717, 1.165) is 0 Å². The van der Waals surface area contributed by atoms with E-state index < -0.39 is 0 Å². The molecule has 2 aromatic rings. The van der Waals surface area contributed by atoms with Crippen molar-refractivity contribution in [3.8, 4) is 11.4 Å². The third kappa shape index (κ3) is 1.68. The van der Waals surface area contributed by atoms with Gasteiger partial charge < -0.3 is 0 Å². The zero-order valence-electron chi connectivity index (χ0n) is 6.63. The van der Waals surface area contributed by atoms with Crippen molar-refractivity contribution in [2.24, 2.45) is 0 Å². The maximum Gasteiger partial charge on any atom is 0.223 e. The Morgan fingerprint density at radius 2 is 1.86 bits per heavy atom. The van der Waals surface area contributed by atoms with Gasteiger partial charge in [-0.05, 0) is 11.6 Å². The van der Waals surface area contributed by atoms with Gasteiger partial charge >= 0.3 is 0 Å². The van der Waals surface area contributed by atoms with Crippen LogP contribution in [0.1, 0.15) is 0 Å². The van der Waals surface area contributed by atoms with Crippen molar-refractivity contribution in [2.75, 3.05) is 0 Å². The Morgan fingerprint density at radius 3 is 2.50 bits per heavy atom. The molecule has 0 radical (unpaired) electrons. The Balaban J connectivity index is 2.62. The Hall–Kier alpha value is -0.840. The molecule has 2 heterocycles. The molecular formula is C7H3Cl3N4. The molecule has 72 valence electrons. The molecule has 1 N–H and O–H groups in total. The molecule has 0 saturated heterocycles. The quantitative estimate of drug-likeness (QED) is 0.791. The number of aromatic nitrogens is 4.